The molecule has 0 atom stereocenters. The van der Waals surface area contributed by atoms with Crippen molar-refractivity contribution in [3.63, 3.8) is 0 Å². The first-order valence-electron chi connectivity index (χ1n) is 8.93. The van der Waals surface area contributed by atoms with Crippen molar-refractivity contribution in [3.8, 4) is 0 Å². The lowest BCUT2D eigenvalue weighted by Gasteiger charge is -2.36. The molecule has 1 N–H and O–H groups in total. The van der Waals surface area contributed by atoms with Crippen LogP contribution < -0.4 is 10.2 Å². The molecule has 0 spiro atoms. The number of anilines is 2. The van der Waals surface area contributed by atoms with Gasteiger partial charge in [-0.2, -0.15) is 13.2 Å². The molecule has 2 aromatic carbocycles. The molecule has 1 saturated heterocycles. The highest BCUT2D eigenvalue weighted by Gasteiger charge is 2.30. The monoisotopic (exact) mass is 377 g/mol. The van der Waals surface area contributed by atoms with Gasteiger partial charge in [0.05, 0.1) is 16.9 Å². The van der Waals surface area contributed by atoms with E-state index in [-0.39, 0.29) is 5.56 Å². The van der Waals surface area contributed by atoms with E-state index < -0.39 is 17.6 Å². The van der Waals surface area contributed by atoms with Crippen molar-refractivity contribution in [1.29, 1.82) is 0 Å². The lowest BCUT2D eigenvalue weighted by Crippen LogP contribution is -2.46. The number of hydrogen-bond donors (Lipinski definition) is 1. The number of hydrogen-bond acceptors (Lipinski definition) is 3. The number of alkyl halides is 3. The number of para-hydroxylation sites is 2. The van der Waals surface area contributed by atoms with Gasteiger partial charge in [0.15, 0.2) is 0 Å². The first-order valence-corrected chi connectivity index (χ1v) is 8.93. The van der Waals surface area contributed by atoms with Gasteiger partial charge in [0.2, 0.25) is 0 Å². The van der Waals surface area contributed by atoms with Crippen LogP contribution in [-0.2, 0) is 6.18 Å². The van der Waals surface area contributed by atoms with Crippen LogP contribution in [0.1, 0.15) is 22.8 Å². The summed E-state index contributed by atoms with van der Waals surface area (Å²) in [5, 5.41) is 2.83. The van der Waals surface area contributed by atoms with Gasteiger partial charge in [0, 0.05) is 31.7 Å². The number of likely N-dealkylation sites (N-methyl/N-ethyl adjacent to an activating group) is 1. The number of halogens is 3. The number of amides is 1. The highest BCUT2D eigenvalue weighted by Crippen LogP contribution is 2.30. The van der Waals surface area contributed by atoms with Crippen LogP contribution in [0.2, 0.25) is 0 Å². The van der Waals surface area contributed by atoms with Gasteiger partial charge < -0.3 is 15.1 Å². The summed E-state index contributed by atoms with van der Waals surface area (Å²) in [5.74, 6) is -0.427. The highest BCUT2D eigenvalue weighted by atomic mass is 19.4. The SMILES string of the molecule is CCN1CCN(c2ccccc2NC(=O)c2ccc(C(F)(F)F)cc2)CC1. The number of nitrogens with one attached hydrogen (secondary N) is 1. The van der Waals surface area contributed by atoms with Crippen LogP contribution in [0.3, 0.4) is 0 Å². The Morgan fingerprint density at radius 1 is 1.00 bits per heavy atom. The molecular formula is C20H22F3N3O. The number of rotatable bonds is 4. The van der Waals surface area contributed by atoms with Crippen LogP contribution in [0.15, 0.2) is 48.5 Å². The summed E-state index contributed by atoms with van der Waals surface area (Å²) in [6, 6.07) is 11.7. The normalized spacial score (nSPS) is 15.6. The predicted molar refractivity (Wildman–Crippen MR) is 100 cm³/mol. The van der Waals surface area contributed by atoms with E-state index in [9.17, 15) is 18.0 Å². The van der Waals surface area contributed by atoms with Gasteiger partial charge in [-0.15, -0.1) is 0 Å². The maximum Gasteiger partial charge on any atom is 0.416 e. The van der Waals surface area contributed by atoms with Crippen molar-refractivity contribution >= 4 is 17.3 Å². The Morgan fingerprint density at radius 3 is 2.22 bits per heavy atom. The fraction of sp³-hybridized carbons (Fsp3) is 0.350. The van der Waals surface area contributed by atoms with Crippen LogP contribution in [-0.4, -0.2) is 43.5 Å². The van der Waals surface area contributed by atoms with E-state index >= 15 is 0 Å². The zero-order valence-electron chi connectivity index (χ0n) is 15.1. The van der Waals surface area contributed by atoms with Crippen molar-refractivity contribution in [2.75, 3.05) is 42.9 Å². The molecule has 2 aromatic rings. The van der Waals surface area contributed by atoms with Gasteiger partial charge in [-0.25, -0.2) is 0 Å². The molecule has 0 aliphatic carbocycles. The van der Waals surface area contributed by atoms with Crippen LogP contribution in [0, 0.1) is 0 Å². The van der Waals surface area contributed by atoms with Crippen molar-refractivity contribution in [3.05, 3.63) is 59.7 Å². The summed E-state index contributed by atoms with van der Waals surface area (Å²) in [6.07, 6.45) is -4.41. The number of piperazine rings is 1. The lowest BCUT2D eigenvalue weighted by atomic mass is 10.1. The molecule has 1 fully saturated rings. The van der Waals surface area contributed by atoms with Gasteiger partial charge in [-0.1, -0.05) is 19.1 Å². The molecule has 3 rings (SSSR count). The molecule has 0 bridgehead atoms. The van der Waals surface area contributed by atoms with Crippen molar-refractivity contribution < 1.29 is 18.0 Å². The molecule has 1 amide bonds. The van der Waals surface area contributed by atoms with Gasteiger partial charge in [0.25, 0.3) is 5.91 Å². The zero-order chi connectivity index (χ0) is 19.4. The molecule has 144 valence electrons. The molecule has 0 unspecified atom stereocenters. The molecular weight excluding hydrogens is 355 g/mol. The third-order valence-electron chi connectivity index (χ3n) is 4.79. The van der Waals surface area contributed by atoms with E-state index in [1.165, 1.54) is 12.1 Å². The Bertz CT molecular complexity index is 782. The molecule has 4 nitrogen and oxygen atoms in total. The fourth-order valence-corrected chi connectivity index (χ4v) is 3.17. The minimum absolute atomic E-state index is 0.189. The molecule has 0 saturated carbocycles. The zero-order valence-corrected chi connectivity index (χ0v) is 15.1. The Hall–Kier alpha value is -2.54. The number of carbonyl (C=O) groups excluding carboxylic acids is 1. The second-order valence-corrected chi connectivity index (χ2v) is 6.47. The molecule has 0 radical (unpaired) electrons. The van der Waals surface area contributed by atoms with Crippen LogP contribution in [0.4, 0.5) is 24.5 Å². The third-order valence-corrected chi connectivity index (χ3v) is 4.79. The molecule has 1 heterocycles. The average molecular weight is 377 g/mol. The lowest BCUT2D eigenvalue weighted by molar-refractivity contribution is -0.137. The van der Waals surface area contributed by atoms with Gasteiger partial charge >= 0.3 is 6.18 Å². The van der Waals surface area contributed by atoms with E-state index in [4.69, 9.17) is 0 Å². The number of benzene rings is 2. The van der Waals surface area contributed by atoms with Crippen LogP contribution in [0.5, 0.6) is 0 Å². The van der Waals surface area contributed by atoms with Crippen LogP contribution in [0.25, 0.3) is 0 Å². The quantitative estimate of drug-likeness (QED) is 0.871. The summed E-state index contributed by atoms with van der Waals surface area (Å²) in [5.41, 5.74) is 1.00. The van der Waals surface area contributed by atoms with E-state index in [0.29, 0.717) is 5.69 Å². The molecule has 0 aromatic heterocycles. The van der Waals surface area contributed by atoms with Crippen molar-refractivity contribution in [1.82, 2.24) is 4.90 Å². The molecule has 7 heteroatoms. The van der Waals surface area contributed by atoms with E-state index in [1.807, 2.05) is 24.3 Å². The highest BCUT2D eigenvalue weighted by molar-refractivity contribution is 6.06. The Labute approximate surface area is 156 Å². The van der Waals surface area contributed by atoms with E-state index in [1.54, 1.807) is 0 Å². The fourth-order valence-electron chi connectivity index (χ4n) is 3.17. The first-order chi connectivity index (χ1) is 12.9. The Balaban J connectivity index is 1.73. The predicted octanol–water partition coefficient (Wildman–Crippen LogP) is 4.10. The minimum Gasteiger partial charge on any atom is -0.367 e. The summed E-state index contributed by atoms with van der Waals surface area (Å²) in [4.78, 5) is 17.1. The van der Waals surface area contributed by atoms with E-state index in [2.05, 4.69) is 22.0 Å². The second kappa shape index (κ2) is 8.00. The average Bonchev–Trinajstić information content (AvgIpc) is 2.68. The van der Waals surface area contributed by atoms with Crippen molar-refractivity contribution in [2.24, 2.45) is 0 Å². The largest absolute Gasteiger partial charge is 0.416 e. The maximum absolute atomic E-state index is 12.7. The van der Waals surface area contributed by atoms with Crippen LogP contribution >= 0.6 is 0 Å². The minimum atomic E-state index is -4.41. The third kappa shape index (κ3) is 4.60. The Kier molecular flexibility index (Phi) is 5.70. The van der Waals surface area contributed by atoms with Gasteiger partial charge in [-0.05, 0) is 42.9 Å². The number of carbonyl (C=O) groups is 1. The van der Waals surface area contributed by atoms with Crippen molar-refractivity contribution in [2.45, 2.75) is 13.1 Å². The summed E-state index contributed by atoms with van der Waals surface area (Å²) < 4.78 is 38.0. The van der Waals surface area contributed by atoms with Gasteiger partial charge in [-0.3, -0.25) is 4.79 Å². The second-order valence-electron chi connectivity index (χ2n) is 6.47. The van der Waals surface area contributed by atoms with E-state index in [0.717, 1.165) is 50.5 Å². The molecule has 27 heavy (non-hydrogen) atoms. The maximum atomic E-state index is 12.7. The topological polar surface area (TPSA) is 35.6 Å². The first kappa shape index (κ1) is 19.2. The molecule has 1 aliphatic heterocycles. The Morgan fingerprint density at radius 2 is 1.63 bits per heavy atom. The summed E-state index contributed by atoms with van der Waals surface area (Å²) in [6.45, 7) is 6.78. The summed E-state index contributed by atoms with van der Waals surface area (Å²) in [7, 11) is 0. The van der Waals surface area contributed by atoms with Gasteiger partial charge in [0.1, 0.15) is 0 Å². The smallest absolute Gasteiger partial charge is 0.367 e. The standard InChI is InChI=1S/C20H22F3N3O/c1-2-25-11-13-26(14-12-25)18-6-4-3-5-17(18)24-19(27)15-7-9-16(10-8-15)20(21,22)23/h3-10H,2,11-14H2,1H3,(H,24,27). The number of nitrogens with zero attached hydrogens (tertiary/aromatic N) is 2. The molecule has 1 aliphatic rings. The summed E-state index contributed by atoms with van der Waals surface area (Å²) >= 11 is 0.